The summed E-state index contributed by atoms with van der Waals surface area (Å²) in [5.74, 6) is -1.09. The molecule has 1 atom stereocenters. The zero-order valence-corrected chi connectivity index (χ0v) is 25.3. The summed E-state index contributed by atoms with van der Waals surface area (Å²) in [5, 5.41) is 10.4. The number of carboxylic acids is 1. The second kappa shape index (κ2) is 11.1. The Morgan fingerprint density at radius 2 is 1.81 bits per heavy atom. The second-order valence-corrected chi connectivity index (χ2v) is 12.1. The topological polar surface area (TPSA) is 85.3 Å². The summed E-state index contributed by atoms with van der Waals surface area (Å²) < 4.78 is 33.0. The lowest BCUT2D eigenvalue weighted by molar-refractivity contribution is -0.160. The predicted molar refractivity (Wildman–Crippen MR) is 159 cm³/mol. The zero-order chi connectivity index (χ0) is 30.5. The average Bonchev–Trinajstić information content (AvgIpc) is 3.35. The molecule has 0 aliphatic carbocycles. The number of amides is 1. The molecule has 8 heteroatoms. The minimum absolute atomic E-state index is 0.217. The van der Waals surface area contributed by atoms with Gasteiger partial charge >= 0.3 is 5.97 Å². The lowest BCUT2D eigenvalue weighted by Gasteiger charge is -2.30. The van der Waals surface area contributed by atoms with E-state index >= 15 is 4.39 Å². The number of aryl methyl sites for hydroxylation is 2. The molecule has 5 rings (SSSR count). The Bertz CT molecular complexity index is 1590. The first-order valence-electron chi connectivity index (χ1n) is 14.3. The fraction of sp³-hybridized carbons (Fsp3) is 0.412. The Labute approximate surface area is 246 Å². The molecule has 3 aromatic carbocycles. The van der Waals surface area contributed by atoms with E-state index in [0.29, 0.717) is 65.2 Å². The molecule has 0 aromatic heterocycles. The molecule has 2 heterocycles. The van der Waals surface area contributed by atoms with Crippen LogP contribution in [0.25, 0.3) is 11.1 Å². The van der Waals surface area contributed by atoms with E-state index in [0.717, 1.165) is 28.7 Å². The number of hydrogen-bond acceptors (Lipinski definition) is 5. The van der Waals surface area contributed by atoms with Gasteiger partial charge in [-0.2, -0.15) is 0 Å². The number of aliphatic carboxylic acids is 1. The van der Waals surface area contributed by atoms with Crippen LogP contribution in [0.3, 0.4) is 0 Å². The summed E-state index contributed by atoms with van der Waals surface area (Å²) in [6, 6.07) is 8.76. The number of anilines is 1. The van der Waals surface area contributed by atoms with Crippen molar-refractivity contribution in [3.05, 3.63) is 75.1 Å². The highest BCUT2D eigenvalue weighted by molar-refractivity contribution is 6.10. The number of carbonyl (C=O) groups is 2. The highest BCUT2D eigenvalue weighted by atomic mass is 19.1. The second-order valence-electron chi connectivity index (χ2n) is 12.1. The van der Waals surface area contributed by atoms with Crippen molar-refractivity contribution in [3.63, 3.8) is 0 Å². The first-order chi connectivity index (χ1) is 19.8. The van der Waals surface area contributed by atoms with Crippen LogP contribution in [0.5, 0.6) is 11.5 Å². The Morgan fingerprint density at radius 3 is 2.48 bits per heavy atom. The van der Waals surface area contributed by atoms with Crippen LogP contribution < -0.4 is 14.4 Å². The number of carboxylic acid groups (broad SMARTS) is 1. The monoisotopic (exact) mass is 575 g/mol. The Kier molecular flexibility index (Phi) is 7.79. The van der Waals surface area contributed by atoms with Crippen LogP contribution in [0.15, 0.2) is 30.3 Å². The molecule has 2 aliphatic heterocycles. The molecule has 0 radical (unpaired) electrons. The van der Waals surface area contributed by atoms with E-state index in [1.165, 1.54) is 13.2 Å². The highest BCUT2D eigenvalue weighted by Crippen LogP contribution is 2.48. The number of ether oxygens (including phenoxy) is 3. The lowest BCUT2D eigenvalue weighted by atomic mass is 9.83. The number of carbonyl (C=O) groups excluding carboxylic acids is 1. The van der Waals surface area contributed by atoms with Crippen LogP contribution in [0.2, 0.25) is 0 Å². The van der Waals surface area contributed by atoms with Gasteiger partial charge in [0.15, 0.2) is 17.7 Å². The molecule has 1 amide bonds. The van der Waals surface area contributed by atoms with Crippen molar-refractivity contribution in [2.24, 2.45) is 0 Å². The van der Waals surface area contributed by atoms with E-state index in [-0.39, 0.29) is 11.7 Å². The van der Waals surface area contributed by atoms with Crippen molar-refractivity contribution in [3.8, 4) is 22.6 Å². The molecule has 222 valence electrons. The fourth-order valence-corrected chi connectivity index (χ4v) is 6.18. The van der Waals surface area contributed by atoms with Gasteiger partial charge in [-0.3, -0.25) is 4.79 Å². The summed E-state index contributed by atoms with van der Waals surface area (Å²) in [6.07, 6.45) is 0.589. The summed E-state index contributed by atoms with van der Waals surface area (Å²) in [5.41, 5.74) is 6.05. The molecule has 42 heavy (non-hydrogen) atoms. The van der Waals surface area contributed by atoms with Gasteiger partial charge in [0, 0.05) is 23.4 Å². The summed E-state index contributed by atoms with van der Waals surface area (Å²) in [7, 11) is 1.54. The number of halogens is 1. The molecule has 1 unspecified atom stereocenters. The number of rotatable bonds is 6. The van der Waals surface area contributed by atoms with Crippen LogP contribution in [0, 0.1) is 26.6 Å². The number of methoxy groups -OCH3 is 1. The quantitative estimate of drug-likeness (QED) is 0.344. The normalized spacial score (nSPS) is 15.1. The predicted octanol–water partition coefficient (Wildman–Crippen LogP) is 6.90. The summed E-state index contributed by atoms with van der Waals surface area (Å²) in [6.45, 7) is 11.9. The molecule has 0 fully saturated rings. The van der Waals surface area contributed by atoms with E-state index in [9.17, 15) is 14.7 Å². The third kappa shape index (κ3) is 5.24. The van der Waals surface area contributed by atoms with Crippen molar-refractivity contribution in [2.45, 2.75) is 72.5 Å². The first-order valence-corrected chi connectivity index (χ1v) is 14.3. The molecular weight excluding hydrogens is 537 g/mol. The zero-order valence-electron chi connectivity index (χ0n) is 25.3. The fourth-order valence-electron chi connectivity index (χ4n) is 6.18. The average molecular weight is 576 g/mol. The van der Waals surface area contributed by atoms with E-state index in [4.69, 9.17) is 14.2 Å². The number of benzene rings is 3. The standard InChI is InChI=1S/C34H38FNO6/c1-18-10-11-23(27(15-18)40-7)32(37)36-13-12-22-26(36)16-19(2)28(31(33(38)39)42-34(4,5)6)29(22)24-17-25(35)30-21(20(24)3)9-8-14-41-30/h10-11,15-17,31H,8-9,12-14H2,1-7H3,(H,38,39). The van der Waals surface area contributed by atoms with Gasteiger partial charge in [-0.05, 0) is 118 Å². The van der Waals surface area contributed by atoms with Gasteiger partial charge in [-0.15, -0.1) is 0 Å². The maximum Gasteiger partial charge on any atom is 0.337 e. The summed E-state index contributed by atoms with van der Waals surface area (Å²) >= 11 is 0. The van der Waals surface area contributed by atoms with Gasteiger partial charge in [0.1, 0.15) is 5.75 Å². The van der Waals surface area contributed by atoms with Crippen molar-refractivity contribution in [2.75, 3.05) is 25.2 Å². The van der Waals surface area contributed by atoms with Crippen molar-refractivity contribution in [1.29, 1.82) is 0 Å². The Balaban J connectivity index is 1.77. The highest BCUT2D eigenvalue weighted by Gasteiger charge is 2.37. The first kappa shape index (κ1) is 29.6. The number of hydrogen-bond donors (Lipinski definition) is 1. The minimum Gasteiger partial charge on any atom is -0.496 e. The van der Waals surface area contributed by atoms with Crippen LogP contribution in [0.1, 0.15) is 77.0 Å². The number of nitrogens with zero attached hydrogens (tertiary/aromatic N) is 1. The van der Waals surface area contributed by atoms with Gasteiger partial charge in [0.05, 0.1) is 24.9 Å². The molecule has 0 saturated carbocycles. The molecular formula is C34H38FNO6. The summed E-state index contributed by atoms with van der Waals surface area (Å²) in [4.78, 5) is 28.4. The third-order valence-corrected chi connectivity index (χ3v) is 8.03. The van der Waals surface area contributed by atoms with E-state index < -0.39 is 23.5 Å². The molecule has 3 aromatic rings. The smallest absolute Gasteiger partial charge is 0.337 e. The van der Waals surface area contributed by atoms with Crippen LogP contribution in [-0.4, -0.2) is 42.8 Å². The molecule has 2 aliphatic rings. The van der Waals surface area contributed by atoms with Crippen LogP contribution >= 0.6 is 0 Å². The maximum atomic E-state index is 15.6. The molecule has 0 bridgehead atoms. The van der Waals surface area contributed by atoms with Crippen molar-refractivity contribution < 1.29 is 33.3 Å². The molecule has 1 N–H and O–H groups in total. The lowest BCUT2D eigenvalue weighted by Crippen LogP contribution is -2.30. The SMILES string of the molecule is COc1cc(C)ccc1C(=O)N1CCc2c1cc(C)c(C(OC(C)(C)C)C(=O)O)c2-c1cc(F)c2c(c1C)CCCO2. The van der Waals surface area contributed by atoms with Crippen LogP contribution in [0.4, 0.5) is 10.1 Å². The van der Waals surface area contributed by atoms with Crippen molar-refractivity contribution >= 4 is 17.6 Å². The Hall–Kier alpha value is -3.91. The largest absolute Gasteiger partial charge is 0.496 e. The van der Waals surface area contributed by atoms with E-state index in [1.54, 1.807) is 11.0 Å². The third-order valence-electron chi connectivity index (χ3n) is 8.03. The van der Waals surface area contributed by atoms with Gasteiger partial charge in [-0.1, -0.05) is 6.07 Å². The minimum atomic E-state index is -1.30. The van der Waals surface area contributed by atoms with Crippen molar-refractivity contribution in [1.82, 2.24) is 0 Å². The number of fused-ring (bicyclic) bond motifs is 2. The Morgan fingerprint density at radius 1 is 1.07 bits per heavy atom. The van der Waals surface area contributed by atoms with Gasteiger partial charge < -0.3 is 24.2 Å². The van der Waals surface area contributed by atoms with Gasteiger partial charge in [0.2, 0.25) is 0 Å². The van der Waals surface area contributed by atoms with Gasteiger partial charge in [0.25, 0.3) is 5.91 Å². The molecule has 7 nitrogen and oxygen atoms in total. The maximum absolute atomic E-state index is 15.6. The molecule has 0 saturated heterocycles. The van der Waals surface area contributed by atoms with E-state index in [1.807, 2.05) is 59.7 Å². The van der Waals surface area contributed by atoms with Crippen LogP contribution in [-0.2, 0) is 22.4 Å². The van der Waals surface area contributed by atoms with Gasteiger partial charge in [-0.25, -0.2) is 9.18 Å². The molecule has 0 spiro atoms. The van der Waals surface area contributed by atoms with E-state index in [2.05, 4.69) is 0 Å².